The minimum Gasteiger partial charge on any atom is -0.497 e. The fourth-order valence-electron chi connectivity index (χ4n) is 1.89. The van der Waals surface area contributed by atoms with Gasteiger partial charge in [-0.2, -0.15) is 0 Å². The SMILES string of the molecule is COc1ccc(C(Cl)C(=O)NCCOc2ccc(F)cc2)cc1. The molecule has 0 aliphatic carbocycles. The van der Waals surface area contributed by atoms with E-state index in [4.69, 9.17) is 21.1 Å². The second-order valence-corrected chi connectivity index (χ2v) is 5.17. The lowest BCUT2D eigenvalue weighted by molar-refractivity contribution is -0.120. The number of nitrogens with one attached hydrogen (secondary N) is 1. The third-order valence-corrected chi connectivity index (χ3v) is 3.57. The topological polar surface area (TPSA) is 47.6 Å². The number of carbonyl (C=O) groups is 1. The first-order valence-electron chi connectivity index (χ1n) is 7.04. The summed E-state index contributed by atoms with van der Waals surface area (Å²) in [5.74, 6) is 0.610. The lowest BCUT2D eigenvalue weighted by Gasteiger charge is -2.12. The van der Waals surface area contributed by atoms with Crippen LogP contribution in [0.5, 0.6) is 11.5 Å². The van der Waals surface area contributed by atoms with Gasteiger partial charge in [0.05, 0.1) is 13.7 Å². The number of methoxy groups -OCH3 is 1. The molecular weight excluding hydrogens is 321 g/mol. The smallest absolute Gasteiger partial charge is 0.242 e. The summed E-state index contributed by atoms with van der Waals surface area (Å²) < 4.78 is 23.2. The molecule has 1 N–H and O–H groups in total. The Bertz CT molecular complexity index is 631. The quantitative estimate of drug-likeness (QED) is 0.623. The molecule has 0 aliphatic rings. The molecule has 2 aromatic carbocycles. The van der Waals surface area contributed by atoms with Gasteiger partial charge in [-0.3, -0.25) is 4.79 Å². The summed E-state index contributed by atoms with van der Waals surface area (Å²) >= 11 is 6.13. The Labute approximate surface area is 139 Å². The Hall–Kier alpha value is -2.27. The molecule has 0 aromatic heterocycles. The molecule has 2 aromatic rings. The molecule has 0 bridgehead atoms. The van der Waals surface area contributed by atoms with Gasteiger partial charge < -0.3 is 14.8 Å². The van der Waals surface area contributed by atoms with Crippen LogP contribution in [0.4, 0.5) is 4.39 Å². The molecular formula is C17H17ClFNO3. The summed E-state index contributed by atoms with van der Waals surface area (Å²) in [5, 5.41) is 1.90. The van der Waals surface area contributed by atoms with E-state index < -0.39 is 5.38 Å². The van der Waals surface area contributed by atoms with E-state index in [1.807, 2.05) is 0 Å². The van der Waals surface area contributed by atoms with Gasteiger partial charge in [-0.05, 0) is 42.0 Å². The monoisotopic (exact) mass is 337 g/mol. The molecule has 0 saturated carbocycles. The third-order valence-electron chi connectivity index (χ3n) is 3.12. The molecule has 1 atom stereocenters. The molecule has 0 aliphatic heterocycles. The fourth-order valence-corrected chi connectivity index (χ4v) is 2.11. The molecule has 6 heteroatoms. The minimum absolute atomic E-state index is 0.267. The summed E-state index contributed by atoms with van der Waals surface area (Å²) in [6, 6.07) is 12.7. The van der Waals surface area contributed by atoms with Gasteiger partial charge >= 0.3 is 0 Å². The van der Waals surface area contributed by atoms with Crippen LogP contribution in [0, 0.1) is 5.82 Å². The van der Waals surface area contributed by atoms with E-state index in [2.05, 4.69) is 5.32 Å². The van der Waals surface area contributed by atoms with Crippen molar-refractivity contribution in [1.29, 1.82) is 0 Å². The first-order chi connectivity index (χ1) is 11.1. The summed E-state index contributed by atoms with van der Waals surface area (Å²) in [7, 11) is 1.57. The van der Waals surface area contributed by atoms with Gasteiger partial charge in [0, 0.05) is 0 Å². The van der Waals surface area contributed by atoms with Crippen LogP contribution in [-0.2, 0) is 4.79 Å². The molecule has 0 spiro atoms. The number of amides is 1. The maximum absolute atomic E-state index is 12.7. The molecule has 4 nitrogen and oxygen atoms in total. The Morgan fingerprint density at radius 1 is 1.13 bits per heavy atom. The van der Waals surface area contributed by atoms with Crippen LogP contribution in [0.15, 0.2) is 48.5 Å². The number of alkyl halides is 1. The summed E-state index contributed by atoms with van der Waals surface area (Å²) in [6.07, 6.45) is 0. The van der Waals surface area contributed by atoms with Gasteiger partial charge in [-0.15, -0.1) is 11.6 Å². The highest BCUT2D eigenvalue weighted by atomic mass is 35.5. The van der Waals surface area contributed by atoms with E-state index in [0.29, 0.717) is 23.6 Å². The summed E-state index contributed by atoms with van der Waals surface area (Å²) in [6.45, 7) is 0.569. The Morgan fingerprint density at radius 2 is 1.74 bits per heavy atom. The van der Waals surface area contributed by atoms with Crippen molar-refractivity contribution in [1.82, 2.24) is 5.32 Å². The van der Waals surface area contributed by atoms with Crippen LogP contribution >= 0.6 is 11.6 Å². The Kier molecular flexibility index (Phi) is 6.23. The number of ether oxygens (including phenoxy) is 2. The van der Waals surface area contributed by atoms with Crippen LogP contribution in [0.1, 0.15) is 10.9 Å². The maximum Gasteiger partial charge on any atom is 0.242 e. The third kappa shape index (κ3) is 5.14. The first-order valence-corrected chi connectivity index (χ1v) is 7.48. The van der Waals surface area contributed by atoms with E-state index >= 15 is 0 Å². The van der Waals surface area contributed by atoms with Crippen molar-refractivity contribution in [3.05, 3.63) is 59.9 Å². The number of hydrogen-bond acceptors (Lipinski definition) is 3. The van der Waals surface area contributed by atoms with Crippen LogP contribution in [-0.4, -0.2) is 26.2 Å². The fraction of sp³-hybridized carbons (Fsp3) is 0.235. The number of hydrogen-bond donors (Lipinski definition) is 1. The molecule has 2 rings (SSSR count). The van der Waals surface area contributed by atoms with E-state index in [9.17, 15) is 9.18 Å². The minimum atomic E-state index is -0.785. The highest BCUT2D eigenvalue weighted by molar-refractivity contribution is 6.30. The van der Waals surface area contributed by atoms with Crippen molar-refractivity contribution in [2.75, 3.05) is 20.3 Å². The van der Waals surface area contributed by atoms with Gasteiger partial charge in [0.2, 0.25) is 5.91 Å². The second-order valence-electron chi connectivity index (χ2n) is 4.73. The normalized spacial score (nSPS) is 11.6. The zero-order chi connectivity index (χ0) is 16.7. The summed E-state index contributed by atoms with van der Waals surface area (Å²) in [5.41, 5.74) is 0.685. The predicted molar refractivity (Wildman–Crippen MR) is 86.5 cm³/mol. The van der Waals surface area contributed by atoms with Crippen LogP contribution < -0.4 is 14.8 Å². The van der Waals surface area contributed by atoms with E-state index in [1.54, 1.807) is 31.4 Å². The molecule has 1 amide bonds. The average molecular weight is 338 g/mol. The van der Waals surface area contributed by atoms with Crippen LogP contribution in [0.3, 0.4) is 0 Å². The highest BCUT2D eigenvalue weighted by Crippen LogP contribution is 2.23. The zero-order valence-corrected chi connectivity index (χ0v) is 13.3. The lowest BCUT2D eigenvalue weighted by Crippen LogP contribution is -2.30. The number of rotatable bonds is 7. The number of benzene rings is 2. The van der Waals surface area contributed by atoms with Crippen molar-refractivity contribution in [2.45, 2.75) is 5.38 Å². The highest BCUT2D eigenvalue weighted by Gasteiger charge is 2.17. The van der Waals surface area contributed by atoms with E-state index in [0.717, 1.165) is 0 Å². The van der Waals surface area contributed by atoms with Crippen LogP contribution in [0.2, 0.25) is 0 Å². The van der Waals surface area contributed by atoms with Crippen molar-refractivity contribution in [3.8, 4) is 11.5 Å². The molecule has 1 unspecified atom stereocenters. The molecule has 122 valence electrons. The Balaban J connectivity index is 1.76. The first kappa shape index (κ1) is 17.1. The van der Waals surface area contributed by atoms with Crippen molar-refractivity contribution >= 4 is 17.5 Å². The average Bonchev–Trinajstić information content (AvgIpc) is 2.59. The van der Waals surface area contributed by atoms with Crippen molar-refractivity contribution < 1.29 is 18.7 Å². The van der Waals surface area contributed by atoms with E-state index in [1.165, 1.54) is 24.3 Å². The molecule has 0 saturated heterocycles. The summed E-state index contributed by atoms with van der Waals surface area (Å²) in [4.78, 5) is 12.0. The molecule has 0 radical (unpaired) electrons. The van der Waals surface area contributed by atoms with Gasteiger partial charge in [-0.25, -0.2) is 4.39 Å². The second kappa shape index (κ2) is 8.39. The molecule has 0 fully saturated rings. The predicted octanol–water partition coefficient (Wildman–Crippen LogP) is 3.31. The van der Waals surface area contributed by atoms with Gasteiger partial charge in [0.15, 0.2) is 0 Å². The molecule has 23 heavy (non-hydrogen) atoms. The standard InChI is InChI=1S/C17H17ClFNO3/c1-22-14-6-2-12(3-7-14)16(18)17(21)20-10-11-23-15-8-4-13(19)5-9-15/h2-9,16H,10-11H2,1H3,(H,20,21). The zero-order valence-electron chi connectivity index (χ0n) is 12.6. The lowest BCUT2D eigenvalue weighted by atomic mass is 10.1. The van der Waals surface area contributed by atoms with Gasteiger partial charge in [-0.1, -0.05) is 12.1 Å². The van der Waals surface area contributed by atoms with Crippen molar-refractivity contribution in [2.24, 2.45) is 0 Å². The molecule has 0 heterocycles. The van der Waals surface area contributed by atoms with E-state index in [-0.39, 0.29) is 18.3 Å². The maximum atomic E-state index is 12.7. The van der Waals surface area contributed by atoms with Gasteiger partial charge in [0.25, 0.3) is 0 Å². The number of halogens is 2. The van der Waals surface area contributed by atoms with Gasteiger partial charge in [0.1, 0.15) is 29.3 Å². The van der Waals surface area contributed by atoms with Crippen molar-refractivity contribution in [3.63, 3.8) is 0 Å². The largest absolute Gasteiger partial charge is 0.497 e. The Morgan fingerprint density at radius 3 is 2.35 bits per heavy atom. The number of carbonyl (C=O) groups excluding carboxylic acids is 1. The van der Waals surface area contributed by atoms with Crippen LogP contribution in [0.25, 0.3) is 0 Å².